The fraction of sp³-hybridized carbons (Fsp3) is 0.214. The average Bonchev–Trinajstić information content (AvgIpc) is 3.00. The SMILES string of the molecule is C[C@H](N)c1nc2c(C(F)F)cc(F)cc2c(=O)n1-c1cc[nH]n1. The van der Waals surface area contributed by atoms with E-state index < -0.39 is 29.4 Å². The van der Waals surface area contributed by atoms with Gasteiger partial charge in [0, 0.05) is 17.8 Å². The van der Waals surface area contributed by atoms with E-state index in [0.29, 0.717) is 6.07 Å². The molecule has 23 heavy (non-hydrogen) atoms. The Morgan fingerprint density at radius 3 is 2.65 bits per heavy atom. The van der Waals surface area contributed by atoms with Crippen molar-refractivity contribution in [2.45, 2.75) is 19.4 Å². The summed E-state index contributed by atoms with van der Waals surface area (Å²) in [6.45, 7) is 1.56. The van der Waals surface area contributed by atoms with Gasteiger partial charge in [0.2, 0.25) is 0 Å². The summed E-state index contributed by atoms with van der Waals surface area (Å²) >= 11 is 0. The summed E-state index contributed by atoms with van der Waals surface area (Å²) in [7, 11) is 0. The Labute approximate surface area is 127 Å². The number of benzene rings is 1. The molecule has 0 bridgehead atoms. The number of H-pyrrole nitrogens is 1. The van der Waals surface area contributed by atoms with Gasteiger partial charge in [-0.2, -0.15) is 5.10 Å². The Morgan fingerprint density at radius 2 is 2.09 bits per heavy atom. The third kappa shape index (κ3) is 2.48. The second-order valence-corrected chi connectivity index (χ2v) is 5.02. The number of nitrogens with two attached hydrogens (primary N) is 1. The molecule has 3 rings (SSSR count). The summed E-state index contributed by atoms with van der Waals surface area (Å²) < 4.78 is 41.0. The molecule has 1 atom stereocenters. The second-order valence-electron chi connectivity index (χ2n) is 5.02. The number of aromatic amines is 1. The van der Waals surface area contributed by atoms with Crippen molar-refractivity contribution in [3.8, 4) is 5.82 Å². The highest BCUT2D eigenvalue weighted by atomic mass is 19.3. The van der Waals surface area contributed by atoms with Crippen LogP contribution in [0.2, 0.25) is 0 Å². The number of nitrogens with one attached hydrogen (secondary N) is 1. The van der Waals surface area contributed by atoms with Crippen LogP contribution in [0.4, 0.5) is 13.2 Å². The van der Waals surface area contributed by atoms with Gasteiger partial charge in [-0.05, 0) is 19.1 Å². The molecule has 0 amide bonds. The van der Waals surface area contributed by atoms with Gasteiger partial charge < -0.3 is 5.73 Å². The van der Waals surface area contributed by atoms with Crippen molar-refractivity contribution in [2.75, 3.05) is 0 Å². The van der Waals surface area contributed by atoms with Gasteiger partial charge in [-0.25, -0.2) is 22.7 Å². The van der Waals surface area contributed by atoms with Crippen molar-refractivity contribution in [3.05, 3.63) is 52.0 Å². The summed E-state index contributed by atoms with van der Waals surface area (Å²) in [5.41, 5.74) is 4.20. The Balaban J connectivity index is 2.48. The lowest BCUT2D eigenvalue weighted by Gasteiger charge is -2.15. The Morgan fingerprint density at radius 1 is 1.35 bits per heavy atom. The van der Waals surface area contributed by atoms with Crippen LogP contribution in [-0.2, 0) is 0 Å². The molecule has 0 unspecified atom stereocenters. The minimum Gasteiger partial charge on any atom is -0.322 e. The van der Waals surface area contributed by atoms with Crippen molar-refractivity contribution in [1.82, 2.24) is 19.7 Å². The first-order chi connectivity index (χ1) is 10.9. The molecule has 0 aliphatic rings. The van der Waals surface area contributed by atoms with Gasteiger partial charge in [0.25, 0.3) is 12.0 Å². The second kappa shape index (κ2) is 5.51. The molecule has 0 saturated carbocycles. The largest absolute Gasteiger partial charge is 0.322 e. The van der Waals surface area contributed by atoms with Crippen molar-refractivity contribution in [3.63, 3.8) is 0 Å². The molecule has 0 radical (unpaired) electrons. The first-order valence-corrected chi connectivity index (χ1v) is 6.70. The number of aromatic nitrogens is 4. The topological polar surface area (TPSA) is 89.6 Å². The molecular formula is C14H12F3N5O. The first kappa shape index (κ1) is 15.2. The Bertz CT molecular complexity index is 918. The van der Waals surface area contributed by atoms with Gasteiger partial charge in [0.1, 0.15) is 11.6 Å². The molecule has 3 N–H and O–H groups in total. The van der Waals surface area contributed by atoms with Crippen LogP contribution in [0.25, 0.3) is 16.7 Å². The monoisotopic (exact) mass is 323 g/mol. The smallest absolute Gasteiger partial charge is 0.267 e. The minimum absolute atomic E-state index is 0.0584. The van der Waals surface area contributed by atoms with Crippen LogP contribution in [-0.4, -0.2) is 19.7 Å². The number of hydrogen-bond acceptors (Lipinski definition) is 4. The van der Waals surface area contributed by atoms with E-state index in [1.807, 2.05) is 0 Å². The summed E-state index contributed by atoms with van der Waals surface area (Å²) in [6, 6.07) is 2.32. The van der Waals surface area contributed by atoms with E-state index in [0.717, 1.165) is 10.6 Å². The minimum atomic E-state index is -2.97. The molecule has 1 aromatic carbocycles. The van der Waals surface area contributed by atoms with Gasteiger partial charge in [-0.3, -0.25) is 9.89 Å². The maximum absolute atomic E-state index is 13.6. The summed E-state index contributed by atoms with van der Waals surface area (Å²) in [5, 5.41) is 6.16. The van der Waals surface area contributed by atoms with E-state index in [2.05, 4.69) is 15.2 Å². The van der Waals surface area contributed by atoms with Crippen molar-refractivity contribution < 1.29 is 13.2 Å². The Kier molecular flexibility index (Phi) is 3.64. The predicted molar refractivity (Wildman–Crippen MR) is 77.0 cm³/mol. The third-order valence-electron chi connectivity index (χ3n) is 3.35. The molecule has 0 fully saturated rings. The van der Waals surface area contributed by atoms with Crippen molar-refractivity contribution >= 4 is 10.9 Å². The number of hydrogen-bond donors (Lipinski definition) is 2. The fourth-order valence-corrected chi connectivity index (χ4v) is 2.37. The van der Waals surface area contributed by atoms with Crippen LogP contribution in [0.5, 0.6) is 0 Å². The zero-order chi connectivity index (χ0) is 16.7. The van der Waals surface area contributed by atoms with Gasteiger partial charge >= 0.3 is 0 Å². The number of fused-ring (bicyclic) bond motifs is 1. The zero-order valence-electron chi connectivity index (χ0n) is 11.9. The molecule has 2 aromatic heterocycles. The van der Waals surface area contributed by atoms with E-state index in [1.54, 1.807) is 6.92 Å². The molecule has 9 heteroatoms. The van der Waals surface area contributed by atoms with E-state index in [1.165, 1.54) is 12.3 Å². The van der Waals surface area contributed by atoms with E-state index >= 15 is 0 Å². The molecule has 3 aromatic rings. The summed E-state index contributed by atoms with van der Waals surface area (Å²) in [5.74, 6) is -0.684. The number of halogens is 3. The molecule has 0 saturated heterocycles. The quantitative estimate of drug-likeness (QED) is 0.773. The lowest BCUT2D eigenvalue weighted by molar-refractivity contribution is 0.152. The lowest BCUT2D eigenvalue weighted by atomic mass is 10.1. The number of nitrogens with zero attached hydrogens (tertiary/aromatic N) is 3. The maximum atomic E-state index is 13.6. The zero-order valence-corrected chi connectivity index (χ0v) is 11.9. The van der Waals surface area contributed by atoms with Crippen LogP contribution in [0.1, 0.15) is 30.8 Å². The van der Waals surface area contributed by atoms with Gasteiger partial charge in [-0.1, -0.05) is 0 Å². The van der Waals surface area contributed by atoms with Crippen LogP contribution in [0.3, 0.4) is 0 Å². The molecule has 6 nitrogen and oxygen atoms in total. The highest BCUT2D eigenvalue weighted by Crippen LogP contribution is 2.27. The van der Waals surface area contributed by atoms with Crippen molar-refractivity contribution in [1.29, 1.82) is 0 Å². The number of alkyl halides is 2. The molecule has 120 valence electrons. The molecule has 2 heterocycles. The van der Waals surface area contributed by atoms with Gasteiger partial charge in [0.15, 0.2) is 5.82 Å². The Hall–Kier alpha value is -2.68. The molecule has 0 aliphatic carbocycles. The molecule has 0 aliphatic heterocycles. The van der Waals surface area contributed by atoms with E-state index in [4.69, 9.17) is 5.73 Å². The third-order valence-corrected chi connectivity index (χ3v) is 3.35. The van der Waals surface area contributed by atoms with Crippen LogP contribution in [0, 0.1) is 5.82 Å². The lowest BCUT2D eigenvalue weighted by Crippen LogP contribution is -2.28. The fourth-order valence-electron chi connectivity index (χ4n) is 2.37. The predicted octanol–water partition coefficient (Wildman–Crippen LogP) is 2.21. The maximum Gasteiger partial charge on any atom is 0.267 e. The number of rotatable bonds is 3. The standard InChI is InChI=1S/C14H12F3N5O/c1-6(18)13-20-11-8(12(16)17)4-7(15)5-9(11)14(23)22(13)10-2-3-19-21-10/h2-6,12H,18H2,1H3,(H,19,21)/t6-/m0/s1. The highest BCUT2D eigenvalue weighted by Gasteiger charge is 2.22. The van der Waals surface area contributed by atoms with E-state index in [9.17, 15) is 18.0 Å². The van der Waals surface area contributed by atoms with Crippen LogP contribution >= 0.6 is 0 Å². The van der Waals surface area contributed by atoms with Crippen LogP contribution in [0.15, 0.2) is 29.2 Å². The van der Waals surface area contributed by atoms with Gasteiger partial charge in [0.05, 0.1) is 16.9 Å². The highest BCUT2D eigenvalue weighted by molar-refractivity contribution is 5.81. The average molecular weight is 323 g/mol. The van der Waals surface area contributed by atoms with Crippen LogP contribution < -0.4 is 11.3 Å². The summed E-state index contributed by atoms with van der Waals surface area (Å²) in [4.78, 5) is 16.8. The van der Waals surface area contributed by atoms with Crippen molar-refractivity contribution in [2.24, 2.45) is 5.73 Å². The summed E-state index contributed by atoms with van der Waals surface area (Å²) in [6.07, 6.45) is -1.49. The van der Waals surface area contributed by atoms with E-state index in [-0.39, 0.29) is 22.5 Å². The molecule has 0 spiro atoms. The normalized spacial score (nSPS) is 13.0. The van der Waals surface area contributed by atoms with Gasteiger partial charge in [-0.15, -0.1) is 0 Å². The molecular weight excluding hydrogens is 311 g/mol. The first-order valence-electron chi connectivity index (χ1n) is 6.70.